The third-order valence-electron chi connectivity index (χ3n) is 5.64. The lowest BCUT2D eigenvalue weighted by Crippen LogP contribution is -2.40. The van der Waals surface area contributed by atoms with E-state index in [4.69, 9.17) is 5.73 Å². The summed E-state index contributed by atoms with van der Waals surface area (Å²) in [7, 11) is 0. The van der Waals surface area contributed by atoms with Gasteiger partial charge in [-0.2, -0.15) is 0 Å². The molecule has 1 amide bonds. The summed E-state index contributed by atoms with van der Waals surface area (Å²) < 4.78 is 14.2. The molecule has 6 nitrogen and oxygen atoms in total. The van der Waals surface area contributed by atoms with E-state index in [-0.39, 0.29) is 18.4 Å². The summed E-state index contributed by atoms with van der Waals surface area (Å²) in [5.41, 5.74) is 7.29. The van der Waals surface area contributed by atoms with E-state index in [1.807, 2.05) is 24.4 Å². The number of amides is 1. The molecular weight excluding hydrogens is 357 g/mol. The first-order valence-electron chi connectivity index (χ1n) is 9.63. The summed E-state index contributed by atoms with van der Waals surface area (Å²) >= 11 is 0. The largest absolute Gasteiger partial charge is 0.350 e. The molecule has 0 radical (unpaired) electrons. The number of H-pyrrole nitrogens is 1. The maximum atomic E-state index is 14.2. The Hall–Kier alpha value is -2.80. The summed E-state index contributed by atoms with van der Waals surface area (Å²) in [6, 6.07) is 7.62. The molecule has 3 aromatic heterocycles. The van der Waals surface area contributed by atoms with Gasteiger partial charge in [-0.15, -0.1) is 0 Å². The number of carbonyl (C=O) groups excluding carboxylic acids is 1. The van der Waals surface area contributed by atoms with Gasteiger partial charge in [0.15, 0.2) is 0 Å². The number of carbonyl (C=O) groups is 1. The van der Waals surface area contributed by atoms with Crippen molar-refractivity contribution in [2.45, 2.75) is 31.4 Å². The number of hydrogen-bond donors (Lipinski definition) is 3. The molecule has 0 aromatic carbocycles. The van der Waals surface area contributed by atoms with Gasteiger partial charge in [0.2, 0.25) is 0 Å². The molecule has 1 aliphatic carbocycles. The van der Waals surface area contributed by atoms with E-state index in [1.54, 1.807) is 18.5 Å². The molecule has 0 saturated heterocycles. The Labute approximate surface area is 162 Å². The standard InChI is InChI=1S/C21H24FN5O/c22-21(13-23)5-1-14(2-6-21)11-27-20(28)18-10-15(3-7-24-18)17-9-16-4-8-25-19(16)26-12-17/h3-4,7-10,12,14H,1-2,5-6,11,13,23H2,(H,25,26)(H,27,28). The summed E-state index contributed by atoms with van der Waals surface area (Å²) in [6.45, 7) is 0.606. The molecule has 28 heavy (non-hydrogen) atoms. The Balaban J connectivity index is 1.40. The summed E-state index contributed by atoms with van der Waals surface area (Å²) in [5, 5.41) is 3.96. The highest BCUT2D eigenvalue weighted by molar-refractivity contribution is 5.93. The zero-order chi connectivity index (χ0) is 19.6. The van der Waals surface area contributed by atoms with Gasteiger partial charge in [-0.1, -0.05) is 0 Å². The van der Waals surface area contributed by atoms with Gasteiger partial charge >= 0.3 is 0 Å². The second-order valence-electron chi connectivity index (χ2n) is 7.58. The van der Waals surface area contributed by atoms with Gasteiger partial charge in [-0.25, -0.2) is 9.37 Å². The van der Waals surface area contributed by atoms with Crippen LogP contribution in [0.3, 0.4) is 0 Å². The molecule has 3 aromatic rings. The van der Waals surface area contributed by atoms with Crippen LogP contribution in [0.15, 0.2) is 42.9 Å². The molecule has 0 aliphatic heterocycles. The molecule has 3 heterocycles. The lowest BCUT2D eigenvalue weighted by molar-refractivity contribution is 0.0848. The van der Waals surface area contributed by atoms with Crippen molar-refractivity contribution in [1.29, 1.82) is 0 Å². The number of rotatable bonds is 5. The SMILES string of the molecule is NCC1(F)CCC(CNC(=O)c2cc(-c3cnc4[nH]ccc4c3)ccn2)CC1. The minimum absolute atomic E-state index is 0.0756. The predicted molar refractivity (Wildman–Crippen MR) is 107 cm³/mol. The minimum atomic E-state index is -1.23. The van der Waals surface area contributed by atoms with Crippen LogP contribution in [-0.4, -0.2) is 39.6 Å². The zero-order valence-corrected chi connectivity index (χ0v) is 15.6. The van der Waals surface area contributed by atoms with Crippen LogP contribution in [0, 0.1) is 5.92 Å². The van der Waals surface area contributed by atoms with Crippen LogP contribution < -0.4 is 11.1 Å². The van der Waals surface area contributed by atoms with Crippen molar-refractivity contribution in [3.8, 4) is 11.1 Å². The summed E-state index contributed by atoms with van der Waals surface area (Å²) in [5.74, 6) is 0.0659. The lowest BCUT2D eigenvalue weighted by Gasteiger charge is -2.33. The highest BCUT2D eigenvalue weighted by Gasteiger charge is 2.33. The number of aromatic amines is 1. The summed E-state index contributed by atoms with van der Waals surface area (Å²) in [6.07, 6.45) is 7.66. The van der Waals surface area contributed by atoms with Crippen LogP contribution in [0.4, 0.5) is 4.39 Å². The predicted octanol–water partition coefficient (Wildman–Crippen LogP) is 3.21. The van der Waals surface area contributed by atoms with Gasteiger partial charge in [0.05, 0.1) is 0 Å². The Morgan fingerprint density at radius 2 is 2.07 bits per heavy atom. The monoisotopic (exact) mass is 381 g/mol. The fraction of sp³-hybridized carbons (Fsp3) is 0.381. The van der Waals surface area contributed by atoms with Crippen LogP contribution >= 0.6 is 0 Å². The topological polar surface area (TPSA) is 96.7 Å². The molecule has 1 fully saturated rings. The molecule has 7 heteroatoms. The Morgan fingerprint density at radius 3 is 2.86 bits per heavy atom. The quantitative estimate of drug-likeness (QED) is 0.632. The number of nitrogens with zero attached hydrogens (tertiary/aromatic N) is 2. The van der Waals surface area contributed by atoms with E-state index in [2.05, 4.69) is 20.3 Å². The number of pyridine rings is 2. The van der Waals surface area contributed by atoms with Crippen LogP contribution in [0.2, 0.25) is 0 Å². The fourth-order valence-electron chi connectivity index (χ4n) is 3.76. The maximum absolute atomic E-state index is 14.2. The number of hydrogen-bond acceptors (Lipinski definition) is 4. The molecule has 146 valence electrons. The molecule has 1 saturated carbocycles. The molecule has 4 rings (SSSR count). The molecule has 0 atom stereocenters. The third-order valence-corrected chi connectivity index (χ3v) is 5.64. The van der Waals surface area contributed by atoms with Crippen molar-refractivity contribution in [3.63, 3.8) is 0 Å². The normalized spacial score (nSPS) is 22.3. The molecule has 0 spiro atoms. The number of nitrogens with one attached hydrogen (secondary N) is 2. The second-order valence-corrected chi connectivity index (χ2v) is 7.58. The van der Waals surface area contributed by atoms with Crippen molar-refractivity contribution < 1.29 is 9.18 Å². The highest BCUT2D eigenvalue weighted by atomic mass is 19.1. The molecular formula is C21H24FN5O. The minimum Gasteiger partial charge on any atom is -0.350 e. The van der Waals surface area contributed by atoms with Crippen LogP contribution in [0.5, 0.6) is 0 Å². The van der Waals surface area contributed by atoms with Gasteiger partial charge in [-0.3, -0.25) is 9.78 Å². The molecule has 1 aliphatic rings. The number of fused-ring (bicyclic) bond motifs is 1. The Morgan fingerprint density at radius 1 is 1.25 bits per heavy atom. The van der Waals surface area contributed by atoms with Crippen molar-refractivity contribution in [3.05, 3.63) is 48.5 Å². The number of aromatic nitrogens is 3. The first-order chi connectivity index (χ1) is 13.6. The Kier molecular flexibility index (Phi) is 5.09. The van der Waals surface area contributed by atoms with Crippen molar-refractivity contribution >= 4 is 16.9 Å². The average molecular weight is 381 g/mol. The van der Waals surface area contributed by atoms with Gasteiger partial charge in [-0.05, 0) is 61.4 Å². The fourth-order valence-corrected chi connectivity index (χ4v) is 3.76. The highest BCUT2D eigenvalue weighted by Crippen LogP contribution is 2.34. The lowest BCUT2D eigenvalue weighted by atomic mass is 9.80. The van der Waals surface area contributed by atoms with E-state index in [1.165, 1.54) is 0 Å². The number of halogens is 1. The van der Waals surface area contributed by atoms with E-state index >= 15 is 0 Å². The summed E-state index contributed by atoms with van der Waals surface area (Å²) in [4.78, 5) is 24.2. The maximum Gasteiger partial charge on any atom is 0.269 e. The van der Waals surface area contributed by atoms with E-state index in [9.17, 15) is 9.18 Å². The molecule has 0 unspecified atom stereocenters. The van der Waals surface area contributed by atoms with Crippen molar-refractivity contribution in [2.24, 2.45) is 11.7 Å². The first-order valence-corrected chi connectivity index (χ1v) is 9.63. The average Bonchev–Trinajstić information content (AvgIpc) is 3.21. The molecule has 0 bridgehead atoms. The second kappa shape index (κ2) is 7.67. The van der Waals surface area contributed by atoms with Crippen molar-refractivity contribution in [2.75, 3.05) is 13.1 Å². The van der Waals surface area contributed by atoms with E-state index in [0.717, 1.165) is 35.0 Å². The number of nitrogens with two attached hydrogens (primary N) is 1. The van der Waals surface area contributed by atoms with Crippen LogP contribution in [-0.2, 0) is 0 Å². The Bertz CT molecular complexity index is 978. The molecule has 4 N–H and O–H groups in total. The first kappa shape index (κ1) is 18.6. The smallest absolute Gasteiger partial charge is 0.269 e. The van der Waals surface area contributed by atoms with Gasteiger partial charge < -0.3 is 16.0 Å². The number of alkyl halides is 1. The van der Waals surface area contributed by atoms with Gasteiger partial charge in [0, 0.05) is 42.6 Å². The van der Waals surface area contributed by atoms with E-state index in [0.29, 0.717) is 25.1 Å². The van der Waals surface area contributed by atoms with Crippen molar-refractivity contribution in [1.82, 2.24) is 20.3 Å². The van der Waals surface area contributed by atoms with Crippen LogP contribution in [0.25, 0.3) is 22.2 Å². The van der Waals surface area contributed by atoms with E-state index < -0.39 is 5.67 Å². The van der Waals surface area contributed by atoms with Gasteiger partial charge in [0.1, 0.15) is 17.0 Å². The third kappa shape index (κ3) is 3.89. The zero-order valence-electron chi connectivity index (χ0n) is 15.6. The van der Waals surface area contributed by atoms with Crippen LogP contribution in [0.1, 0.15) is 36.2 Å². The van der Waals surface area contributed by atoms with Gasteiger partial charge in [0.25, 0.3) is 5.91 Å².